The monoisotopic (exact) mass is 784 g/mol. The molecule has 1 aromatic carbocycles. The minimum Gasteiger partial charge on any atom is -0.495 e. The smallest absolute Gasteiger partial charge is 0.422 e. The molecule has 0 fully saturated rings. The van der Waals surface area contributed by atoms with Crippen molar-refractivity contribution in [3.05, 3.63) is 46.3 Å². The fourth-order valence-electron chi connectivity index (χ4n) is 4.34. The Bertz CT molecular complexity index is 1730. The average Bonchev–Trinajstić information content (AvgIpc) is 3.39. The number of hydrogen-bond donors (Lipinski definition) is 1. The molecule has 3 rings (SSSR count). The Kier molecular flexibility index (Phi) is 14.1. The second kappa shape index (κ2) is 17.4. The van der Waals surface area contributed by atoms with Crippen LogP contribution in [-0.2, 0) is 21.3 Å². The van der Waals surface area contributed by atoms with Gasteiger partial charge in [-0.3, -0.25) is 19.3 Å². The van der Waals surface area contributed by atoms with Crippen LogP contribution < -0.4 is 29.5 Å². The zero-order valence-corrected chi connectivity index (χ0v) is 33.5. The lowest BCUT2D eigenvalue weighted by Gasteiger charge is -2.30. The van der Waals surface area contributed by atoms with Gasteiger partial charge in [0.15, 0.2) is 5.82 Å². The van der Waals surface area contributed by atoms with Crippen molar-refractivity contribution >= 4 is 89.7 Å². The molecule has 3 aromatic rings. The molecule has 2 heterocycles. The molecule has 0 atom stereocenters. The zero-order valence-electron chi connectivity index (χ0n) is 30.2. The van der Waals surface area contributed by atoms with E-state index in [1.165, 1.54) is 54.1 Å². The van der Waals surface area contributed by atoms with E-state index in [1.807, 2.05) is 0 Å². The van der Waals surface area contributed by atoms with Crippen molar-refractivity contribution in [2.24, 2.45) is 7.05 Å². The number of carbonyl (C=O) groups excluding carboxylic acids is 3. The van der Waals surface area contributed by atoms with Gasteiger partial charge < -0.3 is 24.3 Å². The molecule has 4 amide bonds. The van der Waals surface area contributed by atoms with E-state index in [0.29, 0.717) is 6.61 Å². The summed E-state index contributed by atoms with van der Waals surface area (Å²) in [6.45, 7) is 11.8. The van der Waals surface area contributed by atoms with Crippen LogP contribution in [0.25, 0.3) is 0 Å². The number of methoxy groups -OCH3 is 2. The predicted octanol–water partition coefficient (Wildman–Crippen LogP) is 7.67. The maximum Gasteiger partial charge on any atom is 0.422 e. The van der Waals surface area contributed by atoms with Crippen LogP contribution in [0.3, 0.4) is 0 Å². The van der Waals surface area contributed by atoms with E-state index in [4.69, 9.17) is 53.8 Å². The molecule has 51 heavy (non-hydrogen) atoms. The normalized spacial score (nSPS) is 11.7. The van der Waals surface area contributed by atoms with Gasteiger partial charge in [0, 0.05) is 52.5 Å². The highest BCUT2D eigenvalue weighted by molar-refractivity contribution is 6.76. The van der Waals surface area contributed by atoms with Crippen molar-refractivity contribution in [3.8, 4) is 11.5 Å². The molecule has 0 saturated carbocycles. The van der Waals surface area contributed by atoms with Gasteiger partial charge >= 0.3 is 12.1 Å². The largest absolute Gasteiger partial charge is 0.495 e. The van der Waals surface area contributed by atoms with Gasteiger partial charge in [0.2, 0.25) is 5.91 Å². The Balaban J connectivity index is 2.14. The first-order chi connectivity index (χ1) is 23.8. The van der Waals surface area contributed by atoms with Gasteiger partial charge in [0.05, 0.1) is 26.1 Å². The average molecular weight is 786 g/mol. The third-order valence-corrected chi connectivity index (χ3v) is 9.40. The number of rotatable bonds is 13. The lowest BCUT2D eigenvalue weighted by molar-refractivity contribution is -0.111. The van der Waals surface area contributed by atoms with Gasteiger partial charge in [-0.1, -0.05) is 54.4 Å². The summed E-state index contributed by atoms with van der Waals surface area (Å²) < 4.78 is 24.0. The van der Waals surface area contributed by atoms with Crippen LogP contribution in [0.2, 0.25) is 35.7 Å². The van der Waals surface area contributed by atoms with Crippen molar-refractivity contribution in [1.29, 1.82) is 0 Å². The number of aromatic nitrogens is 4. The number of ether oxygens (including phenoxy) is 4. The van der Waals surface area contributed by atoms with Crippen molar-refractivity contribution in [2.45, 2.75) is 52.1 Å². The van der Waals surface area contributed by atoms with Gasteiger partial charge in [-0.25, -0.2) is 24.5 Å². The number of amides is 4. The number of halogens is 3. The number of carbonyl (C=O) groups is 3. The molecule has 1 N–H and O–H groups in total. The third kappa shape index (κ3) is 10.9. The molecule has 278 valence electrons. The van der Waals surface area contributed by atoms with Crippen LogP contribution in [-0.4, -0.2) is 86.1 Å². The summed E-state index contributed by atoms with van der Waals surface area (Å²) in [7, 11) is 4.44. The fraction of sp³-hybridized carbons (Fsp3) is 0.438. The molecule has 0 bridgehead atoms. The highest BCUT2D eigenvalue weighted by atomic mass is 35.5. The van der Waals surface area contributed by atoms with Gasteiger partial charge in [-0.2, -0.15) is 5.10 Å². The first-order valence-corrected chi connectivity index (χ1v) is 20.4. The van der Waals surface area contributed by atoms with Crippen molar-refractivity contribution in [1.82, 2.24) is 19.7 Å². The Labute approximate surface area is 313 Å². The molecule has 15 nitrogen and oxygen atoms in total. The topological polar surface area (TPSA) is 153 Å². The summed E-state index contributed by atoms with van der Waals surface area (Å²) in [6.07, 6.45) is 2.87. The lowest BCUT2D eigenvalue weighted by atomic mass is 10.2. The second-order valence-electron chi connectivity index (χ2n) is 13.2. The summed E-state index contributed by atoms with van der Waals surface area (Å²) in [5.41, 5.74) is 0.349. The van der Waals surface area contributed by atoms with E-state index in [-0.39, 0.29) is 57.1 Å². The number of benzene rings is 1. The first-order valence-electron chi connectivity index (χ1n) is 15.5. The van der Waals surface area contributed by atoms with Gasteiger partial charge in [0.25, 0.3) is 0 Å². The molecule has 0 saturated heterocycles. The summed E-state index contributed by atoms with van der Waals surface area (Å²) in [6, 6.07) is 3.06. The molecule has 2 aromatic heterocycles. The van der Waals surface area contributed by atoms with E-state index in [1.54, 1.807) is 27.8 Å². The summed E-state index contributed by atoms with van der Waals surface area (Å²) in [5, 5.41) is 7.13. The minimum absolute atomic E-state index is 0.0267. The van der Waals surface area contributed by atoms with E-state index in [2.05, 4.69) is 40.0 Å². The van der Waals surface area contributed by atoms with Crippen LogP contribution in [0.15, 0.2) is 36.3 Å². The lowest BCUT2D eigenvalue weighted by Crippen LogP contribution is -2.44. The van der Waals surface area contributed by atoms with Crippen LogP contribution in [0, 0.1) is 0 Å². The Morgan fingerprint density at radius 1 is 1.02 bits per heavy atom. The van der Waals surface area contributed by atoms with Crippen molar-refractivity contribution in [3.63, 3.8) is 0 Å². The SMILES string of the molecule is COc1cc(OC)c(Cl)c(N(COCC[Si](C)(C)C)C(=O)N(C)c2cc(N(C(=O)OC(C)(C)C)c3nn(C)cc3NC(=O)/C=C\Cl)ncn2)c1Cl. The van der Waals surface area contributed by atoms with E-state index < -0.39 is 31.7 Å². The van der Waals surface area contributed by atoms with Crippen LogP contribution >= 0.6 is 34.8 Å². The third-order valence-electron chi connectivity index (χ3n) is 6.84. The molecule has 0 spiro atoms. The Hall–Kier alpha value is -4.09. The molecular formula is C32H43Cl3N8O7Si. The standard InChI is InChI=1S/C32H43Cl3N8O7Si/c1-32(2,3)50-31(46)43(29-20(17-40(4)39-29)38-25(44)11-12-33)24-16-23(36-18-37-24)41(5)30(45)42(19-49-13-14-51(8,9)10)28-26(34)21(47-6)15-22(48-7)27(28)35/h11-12,15-18H,13-14,19H2,1-10H3,(H,38,44)/b12-11-. The summed E-state index contributed by atoms with van der Waals surface area (Å²) in [5.74, 6) is -0.149. The summed E-state index contributed by atoms with van der Waals surface area (Å²) >= 11 is 19.1. The summed E-state index contributed by atoms with van der Waals surface area (Å²) in [4.78, 5) is 52.7. The van der Waals surface area contributed by atoms with Crippen LogP contribution in [0.5, 0.6) is 11.5 Å². The number of urea groups is 1. The molecular weight excluding hydrogens is 743 g/mol. The fourth-order valence-corrected chi connectivity index (χ4v) is 5.91. The quantitative estimate of drug-likeness (QED) is 0.0791. The van der Waals surface area contributed by atoms with Crippen molar-refractivity contribution in [2.75, 3.05) is 54.6 Å². The highest BCUT2D eigenvalue weighted by Crippen LogP contribution is 2.46. The Morgan fingerprint density at radius 3 is 2.18 bits per heavy atom. The molecule has 0 aliphatic rings. The van der Waals surface area contributed by atoms with E-state index in [9.17, 15) is 14.4 Å². The second-order valence-corrected chi connectivity index (χ2v) is 19.9. The molecule has 0 radical (unpaired) electrons. The molecule has 19 heteroatoms. The molecule has 0 unspecified atom stereocenters. The van der Waals surface area contributed by atoms with Crippen LogP contribution in [0.1, 0.15) is 20.8 Å². The molecule has 0 aliphatic carbocycles. The molecule has 0 aliphatic heterocycles. The van der Waals surface area contributed by atoms with Gasteiger partial charge in [-0.05, 0) is 26.8 Å². The predicted molar refractivity (Wildman–Crippen MR) is 202 cm³/mol. The number of nitrogens with zero attached hydrogens (tertiary/aromatic N) is 7. The van der Waals surface area contributed by atoms with Gasteiger partial charge in [0.1, 0.15) is 57.5 Å². The Morgan fingerprint density at radius 2 is 1.63 bits per heavy atom. The number of hydrogen-bond acceptors (Lipinski definition) is 10. The maximum atomic E-state index is 14.4. The number of aryl methyl sites for hydroxylation is 1. The van der Waals surface area contributed by atoms with Gasteiger partial charge in [-0.15, -0.1) is 0 Å². The highest BCUT2D eigenvalue weighted by Gasteiger charge is 2.33. The van der Waals surface area contributed by atoms with Crippen LogP contribution in [0.4, 0.5) is 38.4 Å². The number of anilines is 5. The first kappa shape index (κ1) is 41.3. The van der Waals surface area contributed by atoms with E-state index in [0.717, 1.165) is 28.9 Å². The minimum atomic E-state index is -1.48. The number of nitrogens with one attached hydrogen (secondary N) is 1. The maximum absolute atomic E-state index is 14.4. The van der Waals surface area contributed by atoms with E-state index >= 15 is 0 Å². The zero-order chi connectivity index (χ0) is 38.3. The van der Waals surface area contributed by atoms with Crippen molar-refractivity contribution < 1.29 is 33.3 Å².